The molecule has 2 N–H and O–H groups in total. The second-order valence-electron chi connectivity index (χ2n) is 6.31. The van der Waals surface area contributed by atoms with Gasteiger partial charge in [-0.05, 0) is 48.7 Å². The lowest BCUT2D eigenvalue weighted by Gasteiger charge is -2.19. The second kappa shape index (κ2) is 9.57. The first kappa shape index (κ1) is 21.7. The summed E-state index contributed by atoms with van der Waals surface area (Å²) in [6.07, 6.45) is 2.84. The molecule has 0 unspecified atom stereocenters. The number of methoxy groups -OCH3 is 2. The number of nitrogens with one attached hydrogen (secondary N) is 2. The van der Waals surface area contributed by atoms with Crippen molar-refractivity contribution in [3.63, 3.8) is 0 Å². The van der Waals surface area contributed by atoms with Gasteiger partial charge in [0.25, 0.3) is 5.91 Å². The number of fused-ring (bicyclic) bond motifs is 1. The van der Waals surface area contributed by atoms with E-state index in [2.05, 4.69) is 17.2 Å². The van der Waals surface area contributed by atoms with Gasteiger partial charge in [-0.1, -0.05) is 12.1 Å². The summed E-state index contributed by atoms with van der Waals surface area (Å²) in [5.74, 6) is 0.226. The number of anilines is 1. The summed E-state index contributed by atoms with van der Waals surface area (Å²) in [4.78, 5) is 12.7. The Balaban J connectivity index is 0.00000280. The predicted molar refractivity (Wildman–Crippen MR) is 110 cm³/mol. The lowest BCUT2D eigenvalue weighted by Crippen LogP contribution is -2.25. The van der Waals surface area contributed by atoms with Crippen LogP contribution >= 0.6 is 12.4 Å². The molecule has 1 heterocycles. The van der Waals surface area contributed by atoms with E-state index in [0.29, 0.717) is 42.0 Å². The van der Waals surface area contributed by atoms with E-state index in [0.717, 1.165) is 17.7 Å². The molecule has 7 heteroatoms. The van der Waals surface area contributed by atoms with Crippen LogP contribution in [0.4, 0.5) is 10.1 Å². The number of hydrogen-bond acceptors (Lipinski definition) is 4. The highest BCUT2D eigenvalue weighted by Crippen LogP contribution is 2.33. The van der Waals surface area contributed by atoms with Gasteiger partial charge in [0.15, 0.2) is 11.5 Å². The van der Waals surface area contributed by atoms with Crippen molar-refractivity contribution in [2.45, 2.75) is 19.4 Å². The Labute approximate surface area is 170 Å². The number of allylic oxidation sites excluding steroid dienone is 1. The van der Waals surface area contributed by atoms with Crippen molar-refractivity contribution < 1.29 is 18.7 Å². The average molecular weight is 407 g/mol. The Bertz CT molecular complexity index is 886. The van der Waals surface area contributed by atoms with Crippen molar-refractivity contribution in [2.75, 3.05) is 26.1 Å². The molecular weight excluding hydrogens is 383 g/mol. The first-order valence-electron chi connectivity index (χ1n) is 8.77. The molecule has 1 aliphatic heterocycles. The van der Waals surface area contributed by atoms with Gasteiger partial charge in [0.05, 0.1) is 19.9 Å². The third kappa shape index (κ3) is 4.29. The van der Waals surface area contributed by atoms with Crippen LogP contribution in [0.5, 0.6) is 11.5 Å². The number of hydrogen-bond donors (Lipinski definition) is 2. The molecule has 2 aromatic carbocycles. The van der Waals surface area contributed by atoms with Gasteiger partial charge in [-0.2, -0.15) is 0 Å². The van der Waals surface area contributed by atoms with Crippen LogP contribution in [0.25, 0.3) is 0 Å². The maximum atomic E-state index is 14.8. The molecule has 2 aromatic rings. The van der Waals surface area contributed by atoms with Crippen molar-refractivity contribution in [2.24, 2.45) is 0 Å². The van der Waals surface area contributed by atoms with E-state index >= 15 is 0 Å². The predicted octanol–water partition coefficient (Wildman–Crippen LogP) is 3.89. The smallest absolute Gasteiger partial charge is 0.255 e. The molecule has 0 aromatic heterocycles. The number of benzene rings is 2. The summed E-state index contributed by atoms with van der Waals surface area (Å²) >= 11 is 0. The lowest BCUT2D eigenvalue weighted by molar-refractivity contribution is 0.102. The molecule has 0 saturated carbocycles. The quantitative estimate of drug-likeness (QED) is 0.714. The van der Waals surface area contributed by atoms with Gasteiger partial charge in [0, 0.05) is 17.7 Å². The molecule has 0 spiro atoms. The number of amides is 1. The number of rotatable bonds is 6. The molecule has 28 heavy (non-hydrogen) atoms. The molecule has 0 aliphatic carbocycles. The van der Waals surface area contributed by atoms with Crippen LogP contribution in [-0.4, -0.2) is 26.7 Å². The van der Waals surface area contributed by atoms with E-state index in [-0.39, 0.29) is 23.9 Å². The SMILES string of the molecule is C=CCc1cc(C(=O)Nc2ccc3c(c2F)CCNC3)cc(OC)c1OC.Cl. The van der Waals surface area contributed by atoms with Gasteiger partial charge in [0.2, 0.25) is 0 Å². The van der Waals surface area contributed by atoms with E-state index in [1.54, 1.807) is 31.4 Å². The van der Waals surface area contributed by atoms with E-state index in [4.69, 9.17) is 9.47 Å². The van der Waals surface area contributed by atoms with Crippen LogP contribution in [0.2, 0.25) is 0 Å². The average Bonchev–Trinajstić information content (AvgIpc) is 2.69. The van der Waals surface area contributed by atoms with Crippen molar-refractivity contribution >= 4 is 24.0 Å². The molecule has 1 amide bonds. The van der Waals surface area contributed by atoms with E-state index in [9.17, 15) is 9.18 Å². The van der Waals surface area contributed by atoms with E-state index in [1.807, 2.05) is 6.07 Å². The molecule has 0 atom stereocenters. The number of halogens is 2. The van der Waals surface area contributed by atoms with Gasteiger partial charge < -0.3 is 20.1 Å². The highest BCUT2D eigenvalue weighted by atomic mass is 35.5. The topological polar surface area (TPSA) is 59.6 Å². The molecule has 0 bridgehead atoms. The fourth-order valence-corrected chi connectivity index (χ4v) is 3.31. The van der Waals surface area contributed by atoms with Crippen molar-refractivity contribution in [1.29, 1.82) is 0 Å². The maximum Gasteiger partial charge on any atom is 0.255 e. The zero-order valence-corrected chi connectivity index (χ0v) is 16.7. The Kier molecular flexibility index (Phi) is 7.43. The molecule has 5 nitrogen and oxygen atoms in total. The third-order valence-electron chi connectivity index (χ3n) is 4.64. The van der Waals surface area contributed by atoms with Crippen LogP contribution in [0, 0.1) is 5.82 Å². The highest BCUT2D eigenvalue weighted by Gasteiger charge is 2.20. The number of carbonyl (C=O) groups is 1. The zero-order valence-electron chi connectivity index (χ0n) is 15.9. The van der Waals surface area contributed by atoms with Crippen LogP contribution < -0.4 is 20.1 Å². The fraction of sp³-hybridized carbons (Fsp3) is 0.286. The van der Waals surface area contributed by atoms with Gasteiger partial charge in [-0.25, -0.2) is 4.39 Å². The van der Waals surface area contributed by atoms with Gasteiger partial charge >= 0.3 is 0 Å². The van der Waals surface area contributed by atoms with Gasteiger partial charge in [-0.15, -0.1) is 19.0 Å². The van der Waals surface area contributed by atoms with Gasteiger partial charge in [0.1, 0.15) is 5.82 Å². The summed E-state index contributed by atoms with van der Waals surface area (Å²) in [7, 11) is 3.05. The lowest BCUT2D eigenvalue weighted by atomic mass is 9.99. The monoisotopic (exact) mass is 406 g/mol. The molecule has 1 aliphatic rings. The minimum atomic E-state index is -0.408. The van der Waals surface area contributed by atoms with Crippen molar-refractivity contribution in [3.8, 4) is 11.5 Å². The Morgan fingerprint density at radius 2 is 2.11 bits per heavy atom. The van der Waals surface area contributed by atoms with E-state index in [1.165, 1.54) is 7.11 Å². The Morgan fingerprint density at radius 3 is 2.79 bits per heavy atom. The Morgan fingerprint density at radius 1 is 1.32 bits per heavy atom. The molecule has 0 radical (unpaired) electrons. The minimum absolute atomic E-state index is 0. The largest absolute Gasteiger partial charge is 0.493 e. The zero-order chi connectivity index (χ0) is 19.4. The van der Waals surface area contributed by atoms with Crippen LogP contribution in [0.1, 0.15) is 27.0 Å². The van der Waals surface area contributed by atoms with E-state index < -0.39 is 5.91 Å². The minimum Gasteiger partial charge on any atom is -0.493 e. The molecule has 3 rings (SSSR count). The normalized spacial score (nSPS) is 12.4. The van der Waals surface area contributed by atoms with Crippen LogP contribution in [0.3, 0.4) is 0 Å². The Hall–Kier alpha value is -2.57. The van der Waals surface area contributed by atoms with Crippen molar-refractivity contribution in [1.82, 2.24) is 5.32 Å². The fourth-order valence-electron chi connectivity index (χ4n) is 3.31. The second-order valence-corrected chi connectivity index (χ2v) is 6.31. The summed E-state index contributed by atoms with van der Waals surface area (Å²) in [5, 5.41) is 5.89. The summed E-state index contributed by atoms with van der Waals surface area (Å²) in [5.41, 5.74) is 2.90. The standard InChI is InChI=1S/C21H23FN2O3.ClH/c1-4-5-13-10-15(11-18(26-2)20(13)27-3)21(25)24-17-7-6-14-12-23-9-8-16(14)19(17)22;/h4,6-7,10-11,23H,1,5,8-9,12H2,2-3H3,(H,24,25);1H. The summed E-state index contributed by atoms with van der Waals surface area (Å²) in [6.45, 7) is 5.09. The molecular formula is C21H24ClFN2O3. The summed E-state index contributed by atoms with van der Waals surface area (Å²) in [6, 6.07) is 6.74. The van der Waals surface area contributed by atoms with Gasteiger partial charge in [-0.3, -0.25) is 4.79 Å². The van der Waals surface area contributed by atoms with Crippen LogP contribution in [0.15, 0.2) is 36.9 Å². The molecule has 0 fully saturated rings. The number of ether oxygens (including phenoxy) is 2. The summed E-state index contributed by atoms with van der Waals surface area (Å²) < 4.78 is 25.5. The number of carbonyl (C=O) groups excluding carboxylic acids is 1. The third-order valence-corrected chi connectivity index (χ3v) is 4.64. The van der Waals surface area contributed by atoms with Crippen LogP contribution in [-0.2, 0) is 19.4 Å². The first-order chi connectivity index (χ1) is 13.1. The molecule has 0 saturated heterocycles. The molecule has 150 valence electrons. The maximum absolute atomic E-state index is 14.8. The first-order valence-corrected chi connectivity index (χ1v) is 8.77. The van der Waals surface area contributed by atoms with Crippen molar-refractivity contribution in [3.05, 3.63) is 65.0 Å². The highest BCUT2D eigenvalue weighted by molar-refractivity contribution is 6.05.